The van der Waals surface area contributed by atoms with E-state index in [1.54, 1.807) is 19.1 Å². The normalized spacial score (nSPS) is 10.3. The molecule has 0 fully saturated rings. The molecule has 0 heterocycles. The van der Waals surface area contributed by atoms with Crippen molar-refractivity contribution in [3.05, 3.63) is 40.7 Å². The molecule has 0 nitrogen and oxygen atoms in total. The molecule has 66 valence electrons. The number of allylic oxidation sites excluding steroid dienone is 1. The zero-order chi connectivity index (χ0) is 9.84. The summed E-state index contributed by atoms with van der Waals surface area (Å²) in [6, 6.07) is 3.43. The predicted molar refractivity (Wildman–Crippen MR) is 53.7 cm³/mol. The van der Waals surface area contributed by atoms with E-state index in [1.165, 1.54) is 6.07 Å². The zero-order valence-electron chi connectivity index (χ0n) is 7.76. The monoisotopic (exact) mass is 174 g/mol. The Morgan fingerprint density at radius 1 is 1.38 bits per heavy atom. The third-order valence-electron chi connectivity index (χ3n) is 1.89. The number of aryl methyl sites for hydroxylation is 1. The van der Waals surface area contributed by atoms with Crippen LogP contribution in [0.2, 0.25) is 0 Å². The third kappa shape index (κ3) is 2.19. The molecule has 0 aliphatic rings. The maximum atomic E-state index is 13.2. The highest BCUT2D eigenvalue weighted by Gasteiger charge is 2.01. The average molecular weight is 174 g/mol. The average Bonchev–Trinajstić information content (AvgIpc) is 2.09. The van der Waals surface area contributed by atoms with Gasteiger partial charge in [-0.3, -0.25) is 0 Å². The minimum atomic E-state index is -0.184. The van der Waals surface area contributed by atoms with Crippen molar-refractivity contribution >= 4 is 6.08 Å². The molecule has 0 radical (unpaired) electrons. The molecule has 0 saturated heterocycles. The highest BCUT2D eigenvalue weighted by molar-refractivity contribution is 5.57. The molecular formula is C12H11F. The molecule has 0 spiro atoms. The van der Waals surface area contributed by atoms with Gasteiger partial charge in [-0.2, -0.15) is 0 Å². The molecule has 1 aromatic rings. The van der Waals surface area contributed by atoms with Crippen LogP contribution in [0.5, 0.6) is 0 Å². The van der Waals surface area contributed by atoms with Gasteiger partial charge in [0.2, 0.25) is 0 Å². The van der Waals surface area contributed by atoms with Crippen molar-refractivity contribution in [1.82, 2.24) is 0 Å². The van der Waals surface area contributed by atoms with E-state index < -0.39 is 0 Å². The molecule has 0 aliphatic heterocycles. The minimum Gasteiger partial charge on any atom is -0.207 e. The summed E-state index contributed by atoms with van der Waals surface area (Å²) in [6.45, 7) is 3.60. The first-order chi connectivity index (χ1) is 6.15. The number of benzene rings is 1. The lowest BCUT2D eigenvalue weighted by Gasteiger charge is -2.03. The molecule has 0 atom stereocenters. The first-order valence-corrected chi connectivity index (χ1v) is 4.04. The second-order valence-corrected chi connectivity index (χ2v) is 2.96. The van der Waals surface area contributed by atoms with E-state index in [0.717, 1.165) is 11.1 Å². The Balaban J connectivity index is 3.22. The zero-order valence-corrected chi connectivity index (χ0v) is 7.76. The Bertz CT molecular complexity index is 381. The van der Waals surface area contributed by atoms with Gasteiger partial charge in [-0.05, 0) is 48.8 Å². The van der Waals surface area contributed by atoms with Crippen LogP contribution in [-0.2, 0) is 0 Å². The van der Waals surface area contributed by atoms with Gasteiger partial charge in [-0.25, -0.2) is 4.39 Å². The molecule has 0 aromatic heterocycles. The van der Waals surface area contributed by atoms with Gasteiger partial charge in [-0.15, -0.1) is 6.42 Å². The van der Waals surface area contributed by atoms with Gasteiger partial charge in [0.1, 0.15) is 5.82 Å². The second kappa shape index (κ2) is 3.91. The Morgan fingerprint density at radius 3 is 2.69 bits per heavy atom. The standard InChI is InChI=1S/C12H11F/c1-4-5-6-11-7-9(2)8-12(13)10(11)3/h1,5-8H,2-3H3/b6-5-. The van der Waals surface area contributed by atoms with E-state index in [-0.39, 0.29) is 5.82 Å². The molecule has 0 aliphatic carbocycles. The fourth-order valence-corrected chi connectivity index (χ4v) is 1.15. The first-order valence-electron chi connectivity index (χ1n) is 4.04. The van der Waals surface area contributed by atoms with Gasteiger partial charge >= 0.3 is 0 Å². The van der Waals surface area contributed by atoms with Gasteiger partial charge in [0, 0.05) is 0 Å². The molecule has 0 N–H and O–H groups in total. The lowest BCUT2D eigenvalue weighted by molar-refractivity contribution is 0.617. The van der Waals surface area contributed by atoms with Crippen molar-refractivity contribution in [1.29, 1.82) is 0 Å². The van der Waals surface area contributed by atoms with E-state index in [1.807, 2.05) is 13.0 Å². The molecule has 1 rings (SSSR count). The quantitative estimate of drug-likeness (QED) is 0.574. The lowest BCUT2D eigenvalue weighted by atomic mass is 10.0. The molecule has 0 unspecified atom stereocenters. The summed E-state index contributed by atoms with van der Waals surface area (Å²) in [6.07, 6.45) is 8.38. The maximum Gasteiger partial charge on any atom is 0.126 e. The molecule has 1 aromatic carbocycles. The molecule has 13 heavy (non-hydrogen) atoms. The SMILES string of the molecule is C#C/C=C\c1cc(C)cc(F)c1C. The van der Waals surface area contributed by atoms with Crippen molar-refractivity contribution in [2.75, 3.05) is 0 Å². The lowest BCUT2D eigenvalue weighted by Crippen LogP contribution is -1.88. The van der Waals surface area contributed by atoms with Crippen LogP contribution in [0.15, 0.2) is 18.2 Å². The Morgan fingerprint density at radius 2 is 2.08 bits per heavy atom. The summed E-state index contributed by atoms with van der Waals surface area (Å²) in [4.78, 5) is 0. The van der Waals surface area contributed by atoms with Crippen LogP contribution < -0.4 is 0 Å². The summed E-state index contributed by atoms with van der Waals surface area (Å²) in [5.41, 5.74) is 2.38. The summed E-state index contributed by atoms with van der Waals surface area (Å²) >= 11 is 0. The van der Waals surface area contributed by atoms with Crippen LogP contribution in [0.4, 0.5) is 4.39 Å². The van der Waals surface area contributed by atoms with Crippen molar-refractivity contribution in [3.8, 4) is 12.3 Å². The van der Waals surface area contributed by atoms with Crippen LogP contribution in [-0.4, -0.2) is 0 Å². The van der Waals surface area contributed by atoms with Crippen molar-refractivity contribution in [2.24, 2.45) is 0 Å². The van der Waals surface area contributed by atoms with E-state index >= 15 is 0 Å². The van der Waals surface area contributed by atoms with Gasteiger partial charge in [0.05, 0.1) is 0 Å². The molecule has 0 bridgehead atoms. The van der Waals surface area contributed by atoms with E-state index in [4.69, 9.17) is 6.42 Å². The summed E-state index contributed by atoms with van der Waals surface area (Å²) in [5, 5.41) is 0. The number of rotatable bonds is 1. The van der Waals surface area contributed by atoms with Gasteiger partial charge in [0.25, 0.3) is 0 Å². The maximum absolute atomic E-state index is 13.2. The Hall–Kier alpha value is -1.55. The number of hydrogen-bond donors (Lipinski definition) is 0. The Kier molecular flexibility index (Phi) is 2.87. The summed E-state index contributed by atoms with van der Waals surface area (Å²) in [7, 11) is 0. The molecule has 1 heteroatoms. The van der Waals surface area contributed by atoms with Gasteiger partial charge < -0.3 is 0 Å². The van der Waals surface area contributed by atoms with Crippen LogP contribution in [0.25, 0.3) is 6.08 Å². The van der Waals surface area contributed by atoms with Crippen LogP contribution in [0.3, 0.4) is 0 Å². The largest absolute Gasteiger partial charge is 0.207 e. The van der Waals surface area contributed by atoms with Gasteiger partial charge in [-0.1, -0.05) is 12.0 Å². The number of halogens is 1. The van der Waals surface area contributed by atoms with E-state index in [0.29, 0.717) is 5.56 Å². The molecule has 0 saturated carbocycles. The van der Waals surface area contributed by atoms with Crippen LogP contribution in [0.1, 0.15) is 16.7 Å². The van der Waals surface area contributed by atoms with Crippen molar-refractivity contribution in [2.45, 2.75) is 13.8 Å². The summed E-state index contributed by atoms with van der Waals surface area (Å²) in [5.74, 6) is 2.20. The smallest absolute Gasteiger partial charge is 0.126 e. The predicted octanol–water partition coefficient (Wildman–Crippen LogP) is 3.09. The minimum absolute atomic E-state index is 0.184. The van der Waals surface area contributed by atoms with Crippen LogP contribution in [0, 0.1) is 32.0 Å². The fraction of sp³-hybridized carbons (Fsp3) is 0.167. The third-order valence-corrected chi connectivity index (χ3v) is 1.89. The van der Waals surface area contributed by atoms with Gasteiger partial charge in [0.15, 0.2) is 0 Å². The highest BCUT2D eigenvalue weighted by Crippen LogP contribution is 2.16. The van der Waals surface area contributed by atoms with Crippen molar-refractivity contribution in [3.63, 3.8) is 0 Å². The highest BCUT2D eigenvalue weighted by atomic mass is 19.1. The number of terminal acetylenes is 1. The van der Waals surface area contributed by atoms with E-state index in [2.05, 4.69) is 5.92 Å². The van der Waals surface area contributed by atoms with Crippen molar-refractivity contribution < 1.29 is 4.39 Å². The first kappa shape index (κ1) is 9.54. The second-order valence-electron chi connectivity index (χ2n) is 2.96. The summed E-state index contributed by atoms with van der Waals surface area (Å²) < 4.78 is 13.2. The number of hydrogen-bond acceptors (Lipinski definition) is 0. The topological polar surface area (TPSA) is 0 Å². The Labute approximate surface area is 78.1 Å². The molecular weight excluding hydrogens is 163 g/mol. The van der Waals surface area contributed by atoms with E-state index in [9.17, 15) is 4.39 Å². The van der Waals surface area contributed by atoms with Crippen LogP contribution >= 0.6 is 0 Å². The fourth-order valence-electron chi connectivity index (χ4n) is 1.15. The molecule has 0 amide bonds.